The number of nitrogens with zero attached hydrogens (tertiary/aromatic N) is 4. The Labute approximate surface area is 139 Å². The van der Waals surface area contributed by atoms with Crippen molar-refractivity contribution in [2.24, 2.45) is 18.0 Å². The standard InChI is InChI=1S/C17H29N5O/c1-18-17(19-12-16-4-3-6-20(16)2)22-9-7-21(8-10-22)13-15-5-11-23-14-15/h3-4,6,15H,5,7-14H2,1-2H3,(H,18,19). The second kappa shape index (κ2) is 7.84. The molecule has 6 nitrogen and oxygen atoms in total. The van der Waals surface area contributed by atoms with Crippen LogP contribution in [-0.4, -0.2) is 73.3 Å². The first-order chi connectivity index (χ1) is 11.3. The van der Waals surface area contributed by atoms with E-state index < -0.39 is 0 Å². The summed E-state index contributed by atoms with van der Waals surface area (Å²) in [5.74, 6) is 1.74. The molecule has 6 heteroatoms. The molecule has 1 atom stereocenters. The van der Waals surface area contributed by atoms with Gasteiger partial charge in [0.15, 0.2) is 5.96 Å². The zero-order valence-electron chi connectivity index (χ0n) is 14.4. The van der Waals surface area contributed by atoms with Gasteiger partial charge in [-0.05, 0) is 24.5 Å². The Hall–Kier alpha value is -1.53. The molecule has 2 fully saturated rings. The summed E-state index contributed by atoms with van der Waals surface area (Å²) in [5.41, 5.74) is 1.27. The van der Waals surface area contributed by atoms with E-state index in [1.807, 2.05) is 7.05 Å². The largest absolute Gasteiger partial charge is 0.381 e. The number of hydrogen-bond acceptors (Lipinski definition) is 3. The lowest BCUT2D eigenvalue weighted by atomic mass is 10.1. The minimum atomic E-state index is 0.733. The third-order valence-electron chi connectivity index (χ3n) is 4.90. The molecule has 0 amide bonds. The summed E-state index contributed by atoms with van der Waals surface area (Å²) in [6.07, 6.45) is 3.30. The van der Waals surface area contributed by atoms with Crippen molar-refractivity contribution in [3.8, 4) is 0 Å². The van der Waals surface area contributed by atoms with Crippen molar-refractivity contribution in [1.29, 1.82) is 0 Å². The molecule has 1 aromatic rings. The van der Waals surface area contributed by atoms with Gasteiger partial charge in [0.2, 0.25) is 0 Å². The van der Waals surface area contributed by atoms with E-state index in [1.165, 1.54) is 18.7 Å². The molecule has 3 rings (SSSR count). The topological polar surface area (TPSA) is 45.0 Å². The van der Waals surface area contributed by atoms with Gasteiger partial charge in [-0.15, -0.1) is 0 Å². The van der Waals surface area contributed by atoms with Crippen LogP contribution >= 0.6 is 0 Å². The lowest BCUT2D eigenvalue weighted by Crippen LogP contribution is -2.53. The fourth-order valence-electron chi connectivity index (χ4n) is 3.42. The maximum atomic E-state index is 5.48. The highest BCUT2D eigenvalue weighted by Crippen LogP contribution is 2.15. The van der Waals surface area contributed by atoms with E-state index in [0.29, 0.717) is 0 Å². The van der Waals surface area contributed by atoms with E-state index >= 15 is 0 Å². The van der Waals surface area contributed by atoms with Crippen molar-refractivity contribution in [2.75, 3.05) is 53.0 Å². The molecule has 0 saturated carbocycles. The molecule has 0 aliphatic carbocycles. The summed E-state index contributed by atoms with van der Waals surface area (Å²) in [5, 5.41) is 3.49. The van der Waals surface area contributed by atoms with E-state index in [-0.39, 0.29) is 0 Å². The first kappa shape index (κ1) is 16.3. The smallest absolute Gasteiger partial charge is 0.194 e. The molecule has 3 heterocycles. The van der Waals surface area contributed by atoms with Crippen LogP contribution in [0.2, 0.25) is 0 Å². The molecule has 0 radical (unpaired) electrons. The normalized spacial score (nSPS) is 23.5. The molecule has 0 aromatic carbocycles. The van der Waals surface area contributed by atoms with Gasteiger partial charge >= 0.3 is 0 Å². The molecule has 0 spiro atoms. The van der Waals surface area contributed by atoms with E-state index in [0.717, 1.165) is 57.8 Å². The molecule has 1 unspecified atom stereocenters. The molecule has 2 aliphatic rings. The Morgan fingerprint density at radius 2 is 2.17 bits per heavy atom. The number of piperazine rings is 1. The fraction of sp³-hybridized carbons (Fsp3) is 0.706. The van der Waals surface area contributed by atoms with Gasteiger partial charge in [0, 0.05) is 65.3 Å². The van der Waals surface area contributed by atoms with Crippen LogP contribution in [-0.2, 0) is 18.3 Å². The monoisotopic (exact) mass is 319 g/mol. The Morgan fingerprint density at radius 3 is 2.78 bits per heavy atom. The summed E-state index contributed by atoms with van der Waals surface area (Å²) < 4.78 is 7.62. The number of aromatic nitrogens is 1. The van der Waals surface area contributed by atoms with Crippen LogP contribution in [0.15, 0.2) is 23.3 Å². The molecule has 2 aliphatic heterocycles. The van der Waals surface area contributed by atoms with Crippen LogP contribution in [0.1, 0.15) is 12.1 Å². The van der Waals surface area contributed by atoms with Gasteiger partial charge in [-0.25, -0.2) is 0 Å². The molecular weight excluding hydrogens is 290 g/mol. The van der Waals surface area contributed by atoms with Gasteiger partial charge in [-0.1, -0.05) is 0 Å². The van der Waals surface area contributed by atoms with E-state index in [1.54, 1.807) is 0 Å². The summed E-state index contributed by atoms with van der Waals surface area (Å²) in [4.78, 5) is 9.39. The molecule has 23 heavy (non-hydrogen) atoms. The maximum Gasteiger partial charge on any atom is 0.194 e. The lowest BCUT2D eigenvalue weighted by molar-refractivity contribution is 0.139. The van der Waals surface area contributed by atoms with Crippen molar-refractivity contribution < 1.29 is 4.74 Å². The Bertz CT molecular complexity index is 513. The zero-order valence-corrected chi connectivity index (χ0v) is 14.4. The van der Waals surface area contributed by atoms with Crippen molar-refractivity contribution in [2.45, 2.75) is 13.0 Å². The van der Waals surface area contributed by atoms with Crippen molar-refractivity contribution in [3.05, 3.63) is 24.0 Å². The predicted octanol–water partition coefficient (Wildman–Crippen LogP) is 0.755. The van der Waals surface area contributed by atoms with Gasteiger partial charge in [0.25, 0.3) is 0 Å². The second-order valence-corrected chi connectivity index (χ2v) is 6.53. The van der Waals surface area contributed by atoms with E-state index in [9.17, 15) is 0 Å². The van der Waals surface area contributed by atoms with Gasteiger partial charge in [-0.3, -0.25) is 9.89 Å². The van der Waals surface area contributed by atoms with Gasteiger partial charge in [-0.2, -0.15) is 0 Å². The van der Waals surface area contributed by atoms with Gasteiger partial charge in [0.05, 0.1) is 13.2 Å². The Morgan fingerprint density at radius 1 is 1.35 bits per heavy atom. The number of ether oxygens (including phenoxy) is 1. The number of rotatable bonds is 4. The predicted molar refractivity (Wildman–Crippen MR) is 92.6 cm³/mol. The number of aliphatic imine (C=N–C) groups is 1. The van der Waals surface area contributed by atoms with Crippen LogP contribution in [0.4, 0.5) is 0 Å². The summed E-state index contributed by atoms with van der Waals surface area (Å²) in [7, 11) is 3.95. The highest BCUT2D eigenvalue weighted by Gasteiger charge is 2.23. The quantitative estimate of drug-likeness (QED) is 0.657. The van der Waals surface area contributed by atoms with Gasteiger partial charge in [0.1, 0.15) is 0 Å². The fourth-order valence-corrected chi connectivity index (χ4v) is 3.42. The minimum absolute atomic E-state index is 0.733. The third kappa shape index (κ3) is 4.26. The van der Waals surface area contributed by atoms with Crippen molar-refractivity contribution >= 4 is 5.96 Å². The van der Waals surface area contributed by atoms with Crippen molar-refractivity contribution in [1.82, 2.24) is 19.7 Å². The number of hydrogen-bond donors (Lipinski definition) is 1. The highest BCUT2D eigenvalue weighted by molar-refractivity contribution is 5.79. The molecular formula is C17H29N5O. The van der Waals surface area contributed by atoms with E-state index in [4.69, 9.17) is 4.74 Å². The molecule has 0 bridgehead atoms. The number of nitrogens with one attached hydrogen (secondary N) is 1. The highest BCUT2D eigenvalue weighted by atomic mass is 16.5. The number of guanidine groups is 1. The zero-order chi connectivity index (χ0) is 16.1. The summed E-state index contributed by atoms with van der Waals surface area (Å²) >= 11 is 0. The van der Waals surface area contributed by atoms with Crippen LogP contribution < -0.4 is 5.32 Å². The second-order valence-electron chi connectivity index (χ2n) is 6.53. The Balaban J connectivity index is 1.44. The molecule has 128 valence electrons. The molecule has 2 saturated heterocycles. The number of aryl methyl sites for hydroxylation is 1. The summed E-state index contributed by atoms with van der Waals surface area (Å²) in [6, 6.07) is 4.22. The van der Waals surface area contributed by atoms with E-state index in [2.05, 4.69) is 50.1 Å². The summed E-state index contributed by atoms with van der Waals surface area (Å²) in [6.45, 7) is 8.20. The van der Waals surface area contributed by atoms with Crippen molar-refractivity contribution in [3.63, 3.8) is 0 Å². The van der Waals surface area contributed by atoms with Crippen LogP contribution in [0.3, 0.4) is 0 Å². The minimum Gasteiger partial charge on any atom is -0.381 e. The first-order valence-corrected chi connectivity index (χ1v) is 8.62. The molecule has 1 N–H and O–H groups in total. The Kier molecular flexibility index (Phi) is 5.56. The molecule has 1 aromatic heterocycles. The lowest BCUT2D eigenvalue weighted by Gasteiger charge is -2.37. The van der Waals surface area contributed by atoms with Crippen LogP contribution in [0.5, 0.6) is 0 Å². The van der Waals surface area contributed by atoms with Crippen LogP contribution in [0.25, 0.3) is 0 Å². The first-order valence-electron chi connectivity index (χ1n) is 8.62. The maximum absolute atomic E-state index is 5.48. The average Bonchev–Trinajstić information content (AvgIpc) is 3.21. The van der Waals surface area contributed by atoms with Crippen LogP contribution in [0, 0.1) is 5.92 Å². The SMILES string of the molecule is CN=C(NCc1cccn1C)N1CCN(CC2CCOC2)CC1. The third-order valence-corrected chi connectivity index (χ3v) is 4.90. The van der Waals surface area contributed by atoms with Gasteiger partial charge < -0.3 is 19.5 Å². The average molecular weight is 319 g/mol.